The molecule has 8 heteroatoms. The van der Waals surface area contributed by atoms with Crippen molar-refractivity contribution in [1.82, 2.24) is 24.8 Å². The lowest BCUT2D eigenvalue weighted by atomic mass is 9.78. The molecule has 2 N–H and O–H groups in total. The Kier molecular flexibility index (Phi) is 4.56. The summed E-state index contributed by atoms with van der Waals surface area (Å²) in [5.41, 5.74) is 2.15. The maximum Gasteiger partial charge on any atom is 0.259 e. The van der Waals surface area contributed by atoms with Gasteiger partial charge in [0.15, 0.2) is 5.43 Å². The summed E-state index contributed by atoms with van der Waals surface area (Å²) in [7, 11) is 0. The van der Waals surface area contributed by atoms with Gasteiger partial charge >= 0.3 is 0 Å². The first-order valence-corrected chi connectivity index (χ1v) is 9.78. The minimum absolute atomic E-state index is 0.114. The highest BCUT2D eigenvalue weighted by Gasteiger charge is 2.48. The van der Waals surface area contributed by atoms with Crippen LogP contribution in [0.1, 0.15) is 53.6 Å². The number of aryl methyl sites for hydroxylation is 1. The Bertz CT molecular complexity index is 968. The lowest BCUT2D eigenvalue weighted by Crippen LogP contribution is -2.59. The number of aromatic amines is 2. The fourth-order valence-electron chi connectivity index (χ4n) is 4.53. The average molecular weight is 383 g/mol. The third kappa shape index (κ3) is 2.83. The van der Waals surface area contributed by atoms with E-state index in [1.807, 2.05) is 11.8 Å². The van der Waals surface area contributed by atoms with Gasteiger partial charge in [-0.1, -0.05) is 6.92 Å². The summed E-state index contributed by atoms with van der Waals surface area (Å²) in [5.74, 6) is -0.147. The summed E-state index contributed by atoms with van der Waals surface area (Å²) < 4.78 is 0. The molecule has 1 fully saturated rings. The van der Waals surface area contributed by atoms with E-state index in [2.05, 4.69) is 15.0 Å². The van der Waals surface area contributed by atoms with Gasteiger partial charge in [0.1, 0.15) is 5.56 Å². The third-order valence-corrected chi connectivity index (χ3v) is 6.03. The molecule has 2 aliphatic rings. The standard InChI is InChI=1S/C20H25N5O3/c1-3-17(27)25-7-4-15-18(23-12-22-15)20(25)5-8-24(9-6-20)19(28)14-11-21-13(2)10-16(14)26/h10-12H,3-9H2,1-2H3,(H,21,26)(H,22,23). The number of nitrogens with zero attached hydrogens (tertiary/aromatic N) is 3. The van der Waals surface area contributed by atoms with Gasteiger partial charge in [0, 0.05) is 56.1 Å². The number of piperidine rings is 1. The van der Waals surface area contributed by atoms with Crippen molar-refractivity contribution in [2.45, 2.75) is 45.1 Å². The van der Waals surface area contributed by atoms with Crippen LogP contribution in [0.4, 0.5) is 0 Å². The van der Waals surface area contributed by atoms with E-state index in [0.717, 1.165) is 23.5 Å². The van der Waals surface area contributed by atoms with E-state index >= 15 is 0 Å². The number of hydrogen-bond acceptors (Lipinski definition) is 4. The van der Waals surface area contributed by atoms with E-state index in [9.17, 15) is 14.4 Å². The third-order valence-electron chi connectivity index (χ3n) is 6.03. The lowest BCUT2D eigenvalue weighted by Gasteiger charge is -2.50. The van der Waals surface area contributed by atoms with Crippen LogP contribution in [0.15, 0.2) is 23.4 Å². The zero-order valence-corrected chi connectivity index (χ0v) is 16.2. The molecule has 4 heterocycles. The molecule has 2 aromatic heterocycles. The second-order valence-corrected chi connectivity index (χ2v) is 7.60. The summed E-state index contributed by atoms with van der Waals surface area (Å²) >= 11 is 0. The van der Waals surface area contributed by atoms with Crippen molar-refractivity contribution in [3.05, 3.63) is 51.5 Å². The SMILES string of the molecule is CCC(=O)N1CCc2[nH]cnc2C12CCN(C(=O)c1c[nH]c(C)cc1=O)CC2. The molecule has 0 unspecified atom stereocenters. The van der Waals surface area contributed by atoms with Gasteiger partial charge in [-0.25, -0.2) is 4.98 Å². The molecule has 8 nitrogen and oxygen atoms in total. The Labute approximate surface area is 163 Å². The summed E-state index contributed by atoms with van der Waals surface area (Å²) in [6, 6.07) is 1.44. The Morgan fingerprint density at radius 1 is 1.21 bits per heavy atom. The van der Waals surface area contributed by atoms with E-state index < -0.39 is 5.54 Å². The summed E-state index contributed by atoms with van der Waals surface area (Å²) in [6.45, 7) is 5.27. The van der Waals surface area contributed by atoms with Crippen LogP contribution < -0.4 is 5.43 Å². The van der Waals surface area contributed by atoms with Crippen molar-refractivity contribution in [2.24, 2.45) is 0 Å². The number of carbonyl (C=O) groups is 2. The molecule has 2 amide bonds. The Morgan fingerprint density at radius 3 is 2.64 bits per heavy atom. The highest BCUT2D eigenvalue weighted by molar-refractivity contribution is 5.94. The predicted octanol–water partition coefficient (Wildman–Crippen LogP) is 1.33. The molecule has 148 valence electrons. The predicted molar refractivity (Wildman–Crippen MR) is 103 cm³/mol. The smallest absolute Gasteiger partial charge is 0.259 e. The normalized spacial score (nSPS) is 18.2. The van der Waals surface area contributed by atoms with Crippen molar-refractivity contribution < 1.29 is 9.59 Å². The molecule has 0 bridgehead atoms. The van der Waals surface area contributed by atoms with Crippen molar-refractivity contribution in [2.75, 3.05) is 19.6 Å². The minimum atomic E-state index is -0.475. The Balaban J connectivity index is 1.60. The second kappa shape index (κ2) is 6.92. The first-order valence-electron chi connectivity index (χ1n) is 9.78. The largest absolute Gasteiger partial charge is 0.364 e. The fraction of sp³-hybridized carbons (Fsp3) is 0.500. The van der Waals surface area contributed by atoms with Gasteiger partial charge in [-0.3, -0.25) is 14.4 Å². The molecule has 2 aliphatic heterocycles. The molecule has 28 heavy (non-hydrogen) atoms. The highest BCUT2D eigenvalue weighted by atomic mass is 16.2. The molecule has 1 spiro atoms. The van der Waals surface area contributed by atoms with Gasteiger partial charge in [-0.05, 0) is 19.8 Å². The van der Waals surface area contributed by atoms with Crippen molar-refractivity contribution in [3.63, 3.8) is 0 Å². The number of amides is 2. The van der Waals surface area contributed by atoms with Crippen LogP contribution >= 0.6 is 0 Å². The van der Waals surface area contributed by atoms with Crippen LogP contribution in [0, 0.1) is 6.92 Å². The van der Waals surface area contributed by atoms with E-state index in [-0.39, 0.29) is 22.8 Å². The van der Waals surface area contributed by atoms with Gasteiger partial charge in [-0.15, -0.1) is 0 Å². The number of pyridine rings is 1. The Hall–Kier alpha value is -2.90. The van der Waals surface area contributed by atoms with Crippen LogP contribution in [-0.4, -0.2) is 56.2 Å². The molecular weight excluding hydrogens is 358 g/mol. The molecule has 0 radical (unpaired) electrons. The molecule has 0 aliphatic carbocycles. The lowest BCUT2D eigenvalue weighted by molar-refractivity contribution is -0.141. The van der Waals surface area contributed by atoms with Gasteiger partial charge in [0.05, 0.1) is 17.6 Å². The fourth-order valence-corrected chi connectivity index (χ4v) is 4.53. The first-order chi connectivity index (χ1) is 13.5. The monoisotopic (exact) mass is 383 g/mol. The summed E-state index contributed by atoms with van der Waals surface area (Å²) in [4.78, 5) is 52.1. The molecule has 0 saturated carbocycles. The topological polar surface area (TPSA) is 102 Å². The molecule has 0 aromatic carbocycles. The van der Waals surface area contributed by atoms with Gasteiger partial charge in [0.25, 0.3) is 5.91 Å². The van der Waals surface area contributed by atoms with Crippen molar-refractivity contribution in [1.29, 1.82) is 0 Å². The number of imidazole rings is 1. The Morgan fingerprint density at radius 2 is 1.96 bits per heavy atom. The quantitative estimate of drug-likeness (QED) is 0.817. The minimum Gasteiger partial charge on any atom is -0.364 e. The van der Waals surface area contributed by atoms with Crippen LogP contribution in [0.3, 0.4) is 0 Å². The molecule has 1 saturated heterocycles. The number of H-pyrrole nitrogens is 2. The highest BCUT2D eigenvalue weighted by Crippen LogP contribution is 2.42. The molecule has 2 aromatic rings. The maximum atomic E-state index is 12.9. The first kappa shape index (κ1) is 18.5. The molecule has 0 atom stereocenters. The van der Waals surface area contributed by atoms with Crippen LogP contribution in [0.2, 0.25) is 0 Å². The van der Waals surface area contributed by atoms with Gasteiger partial charge in [0.2, 0.25) is 5.91 Å². The van der Waals surface area contributed by atoms with E-state index in [1.54, 1.807) is 18.2 Å². The maximum absolute atomic E-state index is 12.9. The van der Waals surface area contributed by atoms with E-state index in [4.69, 9.17) is 0 Å². The summed E-state index contributed by atoms with van der Waals surface area (Å²) in [5, 5.41) is 0. The summed E-state index contributed by atoms with van der Waals surface area (Å²) in [6.07, 6.45) is 5.63. The zero-order chi connectivity index (χ0) is 19.9. The number of carbonyl (C=O) groups excluding carboxylic acids is 2. The van der Waals surface area contributed by atoms with Crippen LogP contribution in [-0.2, 0) is 16.8 Å². The number of aromatic nitrogens is 3. The molecule has 4 rings (SSSR count). The number of fused-ring (bicyclic) bond motifs is 2. The number of likely N-dealkylation sites (tertiary alicyclic amines) is 1. The zero-order valence-electron chi connectivity index (χ0n) is 16.2. The average Bonchev–Trinajstić information content (AvgIpc) is 3.18. The van der Waals surface area contributed by atoms with Crippen LogP contribution in [0.5, 0.6) is 0 Å². The molecular formula is C20H25N5O3. The van der Waals surface area contributed by atoms with E-state index in [0.29, 0.717) is 38.9 Å². The second-order valence-electron chi connectivity index (χ2n) is 7.60. The number of hydrogen-bond donors (Lipinski definition) is 2. The number of nitrogens with one attached hydrogen (secondary N) is 2. The van der Waals surface area contributed by atoms with Gasteiger partial charge < -0.3 is 19.8 Å². The van der Waals surface area contributed by atoms with Crippen LogP contribution in [0.25, 0.3) is 0 Å². The van der Waals surface area contributed by atoms with Gasteiger partial charge in [-0.2, -0.15) is 0 Å². The van der Waals surface area contributed by atoms with E-state index in [1.165, 1.54) is 12.3 Å². The van der Waals surface area contributed by atoms with Crippen molar-refractivity contribution >= 4 is 11.8 Å². The number of rotatable bonds is 2. The van der Waals surface area contributed by atoms with Crippen molar-refractivity contribution in [3.8, 4) is 0 Å².